The summed E-state index contributed by atoms with van der Waals surface area (Å²) in [5.41, 5.74) is 1.77. The summed E-state index contributed by atoms with van der Waals surface area (Å²) in [7, 11) is 0. The minimum atomic E-state index is -0.212. The van der Waals surface area contributed by atoms with Crippen molar-refractivity contribution in [3.8, 4) is 11.5 Å². The maximum Gasteiger partial charge on any atom is 0.277 e. The Morgan fingerprint density at radius 3 is 2.65 bits per heavy atom. The van der Waals surface area contributed by atoms with Crippen molar-refractivity contribution < 1.29 is 9.21 Å². The van der Waals surface area contributed by atoms with Crippen molar-refractivity contribution in [3.63, 3.8) is 0 Å². The first-order valence-electron chi connectivity index (χ1n) is 8.34. The Bertz CT molecular complexity index is 916. The summed E-state index contributed by atoms with van der Waals surface area (Å²) in [6, 6.07) is 17.4. The Balaban J connectivity index is 1.51. The first-order chi connectivity index (χ1) is 12.7. The lowest BCUT2D eigenvalue weighted by Gasteiger charge is -2.31. The number of amides is 1. The van der Waals surface area contributed by atoms with Crippen LogP contribution in [-0.2, 0) is 4.79 Å². The Labute approximate surface area is 163 Å². The molecule has 132 valence electrons. The molecule has 26 heavy (non-hydrogen) atoms. The molecule has 1 aliphatic rings. The summed E-state index contributed by atoms with van der Waals surface area (Å²) < 4.78 is 6.68. The lowest BCUT2D eigenvalue weighted by atomic mass is 10.1. The molecule has 0 saturated carbocycles. The number of carbonyl (C=O) groups excluding carboxylic acids is 1. The lowest BCUT2D eigenvalue weighted by molar-refractivity contribution is -0.119. The van der Waals surface area contributed by atoms with Crippen LogP contribution < -0.4 is 4.90 Å². The summed E-state index contributed by atoms with van der Waals surface area (Å²) in [6.45, 7) is 0.742. The molecule has 1 fully saturated rings. The highest BCUT2D eigenvalue weighted by molar-refractivity contribution is 9.10. The van der Waals surface area contributed by atoms with E-state index in [9.17, 15) is 4.79 Å². The van der Waals surface area contributed by atoms with E-state index in [2.05, 4.69) is 26.1 Å². The second-order valence-electron chi connectivity index (χ2n) is 5.93. The number of rotatable bonds is 4. The molecule has 0 aliphatic carbocycles. The SMILES string of the molecule is O=C1C(Sc2nnc(-c3ccccc3Br)o2)CCCN1c1ccccc1. The summed E-state index contributed by atoms with van der Waals surface area (Å²) in [4.78, 5) is 14.7. The van der Waals surface area contributed by atoms with E-state index in [0.717, 1.165) is 35.1 Å². The molecule has 0 N–H and O–H groups in total. The van der Waals surface area contributed by atoms with Crippen molar-refractivity contribution in [2.24, 2.45) is 0 Å². The lowest BCUT2D eigenvalue weighted by Crippen LogP contribution is -2.42. The highest BCUT2D eigenvalue weighted by Crippen LogP contribution is 2.34. The van der Waals surface area contributed by atoms with Gasteiger partial charge >= 0.3 is 0 Å². The standard InChI is InChI=1S/C19H16BrN3O2S/c20-15-10-5-4-9-14(15)17-21-22-19(25-17)26-16-11-6-12-23(18(16)24)13-7-2-1-3-8-13/h1-5,7-10,16H,6,11-12H2. The van der Waals surface area contributed by atoms with Gasteiger partial charge in [0.2, 0.25) is 11.8 Å². The number of hydrogen-bond donors (Lipinski definition) is 0. The Morgan fingerprint density at radius 1 is 1.08 bits per heavy atom. The highest BCUT2D eigenvalue weighted by Gasteiger charge is 2.32. The van der Waals surface area contributed by atoms with Crippen LogP contribution in [0.2, 0.25) is 0 Å². The van der Waals surface area contributed by atoms with Gasteiger partial charge in [0.25, 0.3) is 5.22 Å². The second kappa shape index (κ2) is 7.63. The van der Waals surface area contributed by atoms with Crippen molar-refractivity contribution in [1.29, 1.82) is 0 Å². The van der Waals surface area contributed by atoms with Crippen molar-refractivity contribution in [3.05, 3.63) is 59.1 Å². The second-order valence-corrected chi connectivity index (χ2v) is 7.94. The van der Waals surface area contributed by atoms with Gasteiger partial charge in [0.05, 0.1) is 10.8 Å². The molecule has 4 rings (SSSR count). The van der Waals surface area contributed by atoms with E-state index in [0.29, 0.717) is 11.1 Å². The number of thioether (sulfide) groups is 1. The third kappa shape index (κ3) is 3.54. The third-order valence-corrected chi connectivity index (χ3v) is 5.99. The zero-order chi connectivity index (χ0) is 17.9. The van der Waals surface area contributed by atoms with Crippen molar-refractivity contribution in [2.45, 2.75) is 23.3 Å². The molecule has 1 aromatic heterocycles. The molecule has 0 spiro atoms. The number of anilines is 1. The average Bonchev–Trinajstić information content (AvgIpc) is 3.13. The molecule has 0 radical (unpaired) electrons. The van der Waals surface area contributed by atoms with Gasteiger partial charge in [0.15, 0.2) is 0 Å². The van der Waals surface area contributed by atoms with Gasteiger partial charge in [-0.05, 0) is 53.0 Å². The Kier molecular flexibility index (Phi) is 5.08. The summed E-state index contributed by atoms with van der Waals surface area (Å²) in [5.74, 6) is 0.538. The topological polar surface area (TPSA) is 59.2 Å². The van der Waals surface area contributed by atoms with Gasteiger partial charge in [-0.3, -0.25) is 4.79 Å². The van der Waals surface area contributed by atoms with Crippen molar-refractivity contribution in [1.82, 2.24) is 10.2 Å². The molecular weight excluding hydrogens is 414 g/mol. The fourth-order valence-corrected chi connectivity index (χ4v) is 4.36. The van der Waals surface area contributed by atoms with Gasteiger partial charge in [-0.15, -0.1) is 10.2 Å². The number of halogens is 1. The molecule has 5 nitrogen and oxygen atoms in total. The first kappa shape index (κ1) is 17.3. The normalized spacial score (nSPS) is 17.5. The van der Waals surface area contributed by atoms with Gasteiger partial charge in [-0.2, -0.15) is 0 Å². The van der Waals surface area contributed by atoms with Crippen LogP contribution in [0.3, 0.4) is 0 Å². The van der Waals surface area contributed by atoms with E-state index < -0.39 is 0 Å². The predicted molar refractivity (Wildman–Crippen MR) is 105 cm³/mol. The van der Waals surface area contributed by atoms with Crippen molar-refractivity contribution >= 4 is 39.3 Å². The van der Waals surface area contributed by atoms with Gasteiger partial charge in [-0.1, -0.05) is 42.1 Å². The number of aromatic nitrogens is 2. The van der Waals surface area contributed by atoms with E-state index in [1.807, 2.05) is 59.5 Å². The van der Waals surface area contributed by atoms with Gasteiger partial charge in [0.1, 0.15) is 0 Å². The van der Waals surface area contributed by atoms with Crippen LogP contribution >= 0.6 is 27.7 Å². The molecule has 3 aromatic rings. The van der Waals surface area contributed by atoms with Crippen LogP contribution in [0.5, 0.6) is 0 Å². The fraction of sp³-hybridized carbons (Fsp3) is 0.211. The van der Waals surface area contributed by atoms with Crippen LogP contribution in [0.1, 0.15) is 12.8 Å². The number of para-hydroxylation sites is 1. The minimum absolute atomic E-state index is 0.0908. The summed E-state index contributed by atoms with van der Waals surface area (Å²) in [5, 5.41) is 8.45. The molecule has 7 heteroatoms. The van der Waals surface area contributed by atoms with Crippen LogP contribution in [0.15, 0.2) is 68.7 Å². The monoisotopic (exact) mass is 429 g/mol. The zero-order valence-electron chi connectivity index (χ0n) is 13.8. The summed E-state index contributed by atoms with van der Waals surface area (Å²) >= 11 is 4.83. The largest absolute Gasteiger partial charge is 0.411 e. The average molecular weight is 430 g/mol. The van der Waals surface area contributed by atoms with Gasteiger partial charge < -0.3 is 9.32 Å². The van der Waals surface area contributed by atoms with Gasteiger partial charge in [0, 0.05) is 16.7 Å². The number of carbonyl (C=O) groups is 1. The fourth-order valence-electron chi connectivity index (χ4n) is 2.94. The number of nitrogens with zero attached hydrogens (tertiary/aromatic N) is 3. The predicted octanol–water partition coefficient (Wildman–Crippen LogP) is 4.79. The number of benzene rings is 2. The van der Waals surface area contributed by atoms with E-state index in [-0.39, 0.29) is 11.2 Å². The molecule has 1 aliphatic heterocycles. The minimum Gasteiger partial charge on any atom is -0.411 e. The van der Waals surface area contributed by atoms with E-state index in [1.165, 1.54) is 11.8 Å². The molecule has 1 atom stereocenters. The molecule has 1 amide bonds. The third-order valence-electron chi connectivity index (χ3n) is 4.21. The molecule has 1 unspecified atom stereocenters. The Morgan fingerprint density at radius 2 is 1.85 bits per heavy atom. The van der Waals surface area contributed by atoms with Crippen LogP contribution in [0.25, 0.3) is 11.5 Å². The maximum atomic E-state index is 12.9. The maximum absolute atomic E-state index is 12.9. The summed E-state index contributed by atoms with van der Waals surface area (Å²) in [6.07, 6.45) is 1.75. The highest BCUT2D eigenvalue weighted by atomic mass is 79.9. The zero-order valence-corrected chi connectivity index (χ0v) is 16.2. The quantitative estimate of drug-likeness (QED) is 0.596. The van der Waals surface area contributed by atoms with Crippen LogP contribution in [-0.4, -0.2) is 27.9 Å². The van der Waals surface area contributed by atoms with Crippen LogP contribution in [0, 0.1) is 0 Å². The number of piperidine rings is 1. The number of hydrogen-bond acceptors (Lipinski definition) is 5. The first-order valence-corrected chi connectivity index (χ1v) is 10.0. The van der Waals surface area contributed by atoms with E-state index >= 15 is 0 Å². The molecular formula is C19H16BrN3O2S. The molecule has 2 heterocycles. The van der Waals surface area contributed by atoms with E-state index in [4.69, 9.17) is 4.42 Å². The molecule has 1 saturated heterocycles. The van der Waals surface area contributed by atoms with Crippen molar-refractivity contribution in [2.75, 3.05) is 11.4 Å². The molecule has 0 bridgehead atoms. The van der Waals surface area contributed by atoms with E-state index in [1.54, 1.807) is 0 Å². The Hall–Kier alpha value is -2.12. The van der Waals surface area contributed by atoms with Gasteiger partial charge in [-0.25, -0.2) is 0 Å². The van der Waals surface area contributed by atoms with Crippen LogP contribution in [0.4, 0.5) is 5.69 Å². The molecule has 2 aromatic carbocycles. The smallest absolute Gasteiger partial charge is 0.277 e.